The van der Waals surface area contributed by atoms with E-state index in [1.165, 1.54) is 0 Å². The van der Waals surface area contributed by atoms with Crippen LogP contribution in [0.25, 0.3) is 0 Å². The number of hydrogen-bond donors (Lipinski definition) is 0. The number of aryl methyl sites for hydroxylation is 2. The standard InChI is InChI=1S/C7H7Cl2N/c1-4-3-6(8)7(9)10-5(4)2/h3H,1-2H3. The molecular formula is C7H7Cl2N. The molecule has 0 unspecified atom stereocenters. The van der Waals surface area contributed by atoms with Crippen LogP contribution in [0.4, 0.5) is 0 Å². The van der Waals surface area contributed by atoms with Crippen LogP contribution in [-0.2, 0) is 0 Å². The van der Waals surface area contributed by atoms with Crippen LogP contribution in [-0.4, -0.2) is 4.98 Å². The Hall–Kier alpha value is -0.270. The molecule has 10 heavy (non-hydrogen) atoms. The van der Waals surface area contributed by atoms with Crippen LogP contribution in [0.1, 0.15) is 11.3 Å². The Labute approximate surface area is 70.0 Å². The summed E-state index contributed by atoms with van der Waals surface area (Å²) in [5.74, 6) is 0. The van der Waals surface area contributed by atoms with E-state index in [1.54, 1.807) is 0 Å². The van der Waals surface area contributed by atoms with E-state index in [2.05, 4.69) is 4.98 Å². The van der Waals surface area contributed by atoms with Gasteiger partial charge in [0.2, 0.25) is 0 Å². The SMILES string of the molecule is Cc1cc(Cl)c(Cl)nc1C. The third-order valence-electron chi connectivity index (χ3n) is 1.38. The number of aromatic nitrogens is 1. The molecule has 1 aromatic heterocycles. The quantitative estimate of drug-likeness (QED) is 0.553. The van der Waals surface area contributed by atoms with Crippen molar-refractivity contribution in [2.45, 2.75) is 13.8 Å². The predicted molar refractivity (Wildman–Crippen MR) is 43.7 cm³/mol. The molecule has 0 aromatic carbocycles. The number of halogens is 2. The first-order valence-electron chi connectivity index (χ1n) is 2.90. The molecule has 0 radical (unpaired) electrons. The molecule has 0 saturated carbocycles. The van der Waals surface area contributed by atoms with E-state index in [0.29, 0.717) is 10.2 Å². The largest absolute Gasteiger partial charge is 0.240 e. The highest BCUT2D eigenvalue weighted by atomic mass is 35.5. The number of rotatable bonds is 0. The molecule has 1 nitrogen and oxygen atoms in total. The zero-order valence-electron chi connectivity index (χ0n) is 5.78. The van der Waals surface area contributed by atoms with Crippen LogP contribution in [0.5, 0.6) is 0 Å². The van der Waals surface area contributed by atoms with Crippen molar-refractivity contribution in [1.82, 2.24) is 4.98 Å². The average molecular weight is 176 g/mol. The molecule has 0 amide bonds. The Balaban J connectivity index is 3.28. The minimum Gasteiger partial charge on any atom is -0.240 e. The Morgan fingerprint density at radius 1 is 1.30 bits per heavy atom. The van der Waals surface area contributed by atoms with Crippen molar-refractivity contribution in [2.24, 2.45) is 0 Å². The topological polar surface area (TPSA) is 12.9 Å². The molecule has 3 heteroatoms. The minimum atomic E-state index is 0.379. The average Bonchev–Trinajstić information content (AvgIpc) is 1.84. The predicted octanol–water partition coefficient (Wildman–Crippen LogP) is 3.01. The lowest BCUT2D eigenvalue weighted by molar-refractivity contribution is 1.15. The molecule has 0 aliphatic rings. The van der Waals surface area contributed by atoms with Gasteiger partial charge in [-0.05, 0) is 25.5 Å². The highest BCUT2D eigenvalue weighted by molar-refractivity contribution is 6.41. The van der Waals surface area contributed by atoms with Crippen LogP contribution in [0.15, 0.2) is 6.07 Å². The van der Waals surface area contributed by atoms with Crippen LogP contribution >= 0.6 is 23.2 Å². The molecule has 0 saturated heterocycles. The lowest BCUT2D eigenvalue weighted by Crippen LogP contribution is -1.86. The fraction of sp³-hybridized carbons (Fsp3) is 0.286. The third-order valence-corrected chi connectivity index (χ3v) is 2.05. The minimum absolute atomic E-state index is 0.379. The molecule has 0 aliphatic heterocycles. The van der Waals surface area contributed by atoms with Gasteiger partial charge in [-0.25, -0.2) is 4.98 Å². The lowest BCUT2D eigenvalue weighted by Gasteiger charge is -1.99. The van der Waals surface area contributed by atoms with Crippen molar-refractivity contribution in [3.8, 4) is 0 Å². The Kier molecular flexibility index (Phi) is 2.17. The molecule has 54 valence electrons. The number of pyridine rings is 1. The summed E-state index contributed by atoms with van der Waals surface area (Å²) in [5, 5.41) is 0.898. The fourth-order valence-electron chi connectivity index (χ4n) is 0.643. The first kappa shape index (κ1) is 7.83. The molecule has 0 bridgehead atoms. The molecular weight excluding hydrogens is 169 g/mol. The number of hydrogen-bond acceptors (Lipinski definition) is 1. The Bertz CT molecular complexity index is 208. The van der Waals surface area contributed by atoms with Gasteiger partial charge >= 0.3 is 0 Å². The Morgan fingerprint density at radius 2 is 1.90 bits per heavy atom. The van der Waals surface area contributed by atoms with Gasteiger partial charge in [0, 0.05) is 5.69 Å². The number of nitrogens with zero attached hydrogens (tertiary/aromatic N) is 1. The molecule has 0 aliphatic carbocycles. The van der Waals surface area contributed by atoms with Gasteiger partial charge in [0.15, 0.2) is 0 Å². The van der Waals surface area contributed by atoms with Gasteiger partial charge < -0.3 is 0 Å². The summed E-state index contributed by atoms with van der Waals surface area (Å²) >= 11 is 11.3. The van der Waals surface area contributed by atoms with Gasteiger partial charge in [0.25, 0.3) is 0 Å². The molecule has 1 heterocycles. The van der Waals surface area contributed by atoms with Crippen molar-refractivity contribution in [3.63, 3.8) is 0 Å². The van der Waals surface area contributed by atoms with E-state index in [9.17, 15) is 0 Å². The smallest absolute Gasteiger partial charge is 0.147 e. The van der Waals surface area contributed by atoms with Crippen LogP contribution in [0.2, 0.25) is 10.2 Å². The zero-order valence-corrected chi connectivity index (χ0v) is 7.29. The second kappa shape index (κ2) is 2.77. The van der Waals surface area contributed by atoms with E-state index >= 15 is 0 Å². The summed E-state index contributed by atoms with van der Waals surface area (Å²) in [6.45, 7) is 3.85. The van der Waals surface area contributed by atoms with Crippen LogP contribution in [0, 0.1) is 13.8 Å². The summed E-state index contributed by atoms with van der Waals surface area (Å²) in [7, 11) is 0. The van der Waals surface area contributed by atoms with Gasteiger partial charge in [-0.3, -0.25) is 0 Å². The van der Waals surface area contributed by atoms with Gasteiger partial charge in [0.1, 0.15) is 5.15 Å². The summed E-state index contributed by atoms with van der Waals surface area (Å²) < 4.78 is 0. The molecule has 0 atom stereocenters. The molecule has 0 fully saturated rings. The van der Waals surface area contributed by atoms with Crippen molar-refractivity contribution in [2.75, 3.05) is 0 Å². The van der Waals surface area contributed by atoms with Crippen molar-refractivity contribution in [3.05, 3.63) is 27.5 Å². The van der Waals surface area contributed by atoms with Gasteiger partial charge in [-0.2, -0.15) is 0 Å². The van der Waals surface area contributed by atoms with E-state index in [0.717, 1.165) is 11.3 Å². The van der Waals surface area contributed by atoms with E-state index in [1.807, 2.05) is 19.9 Å². The van der Waals surface area contributed by atoms with Crippen molar-refractivity contribution in [1.29, 1.82) is 0 Å². The van der Waals surface area contributed by atoms with E-state index < -0.39 is 0 Å². The third kappa shape index (κ3) is 1.41. The highest BCUT2D eigenvalue weighted by Gasteiger charge is 2.00. The fourth-order valence-corrected chi connectivity index (χ4v) is 1.03. The molecule has 1 aromatic rings. The second-order valence-corrected chi connectivity index (χ2v) is 2.93. The monoisotopic (exact) mass is 175 g/mol. The van der Waals surface area contributed by atoms with E-state index in [4.69, 9.17) is 23.2 Å². The summed E-state index contributed by atoms with van der Waals surface area (Å²) in [6, 6.07) is 1.81. The summed E-state index contributed by atoms with van der Waals surface area (Å²) in [4.78, 5) is 4.01. The Morgan fingerprint density at radius 3 is 2.40 bits per heavy atom. The second-order valence-electron chi connectivity index (χ2n) is 2.16. The van der Waals surface area contributed by atoms with Crippen LogP contribution in [0.3, 0.4) is 0 Å². The van der Waals surface area contributed by atoms with Gasteiger partial charge in [0.05, 0.1) is 5.02 Å². The molecule has 0 spiro atoms. The maximum Gasteiger partial charge on any atom is 0.147 e. The van der Waals surface area contributed by atoms with Gasteiger partial charge in [-0.1, -0.05) is 23.2 Å². The van der Waals surface area contributed by atoms with Crippen molar-refractivity contribution >= 4 is 23.2 Å². The molecule has 0 N–H and O–H groups in total. The summed E-state index contributed by atoms with van der Waals surface area (Å²) in [5.41, 5.74) is 1.99. The first-order chi connectivity index (χ1) is 4.61. The maximum absolute atomic E-state index is 5.69. The molecule has 1 rings (SSSR count). The summed E-state index contributed by atoms with van der Waals surface area (Å²) in [6.07, 6.45) is 0. The zero-order chi connectivity index (χ0) is 7.72. The normalized spacial score (nSPS) is 10.0. The lowest BCUT2D eigenvalue weighted by atomic mass is 10.2. The van der Waals surface area contributed by atoms with Crippen LogP contribution < -0.4 is 0 Å². The van der Waals surface area contributed by atoms with Gasteiger partial charge in [-0.15, -0.1) is 0 Å². The van der Waals surface area contributed by atoms with E-state index in [-0.39, 0.29) is 0 Å². The maximum atomic E-state index is 5.69. The first-order valence-corrected chi connectivity index (χ1v) is 3.66. The highest BCUT2D eigenvalue weighted by Crippen LogP contribution is 2.21. The van der Waals surface area contributed by atoms with Crippen molar-refractivity contribution < 1.29 is 0 Å².